The highest BCUT2D eigenvalue weighted by molar-refractivity contribution is 7.89. The van der Waals surface area contributed by atoms with E-state index in [1.165, 1.54) is 18.2 Å². The zero-order valence-corrected chi connectivity index (χ0v) is 12.8. The lowest BCUT2D eigenvalue weighted by molar-refractivity contribution is 0.170. The predicted molar refractivity (Wildman–Crippen MR) is 76.9 cm³/mol. The SMILES string of the molecule is Cn1cnc2c1C[C@H](CO)N(S(=O)(=O)c1ccccc1F)C2. The van der Waals surface area contributed by atoms with Crippen LogP contribution in [-0.2, 0) is 30.0 Å². The van der Waals surface area contributed by atoms with Crippen molar-refractivity contribution in [1.82, 2.24) is 13.9 Å². The third kappa shape index (κ3) is 2.33. The van der Waals surface area contributed by atoms with Crippen LogP contribution in [0.1, 0.15) is 11.4 Å². The number of aliphatic hydroxyl groups excluding tert-OH is 1. The summed E-state index contributed by atoms with van der Waals surface area (Å²) in [5.41, 5.74) is 1.52. The van der Waals surface area contributed by atoms with E-state index < -0.39 is 21.9 Å². The lowest BCUT2D eigenvalue weighted by atomic mass is 10.1. The van der Waals surface area contributed by atoms with Crippen molar-refractivity contribution < 1.29 is 17.9 Å². The number of rotatable bonds is 3. The van der Waals surface area contributed by atoms with Crippen molar-refractivity contribution in [2.75, 3.05) is 6.61 Å². The molecule has 2 heterocycles. The highest BCUT2D eigenvalue weighted by atomic mass is 32.2. The maximum Gasteiger partial charge on any atom is 0.246 e. The van der Waals surface area contributed by atoms with E-state index in [0.29, 0.717) is 12.1 Å². The molecule has 1 aliphatic heterocycles. The molecule has 1 aliphatic rings. The first-order valence-electron chi connectivity index (χ1n) is 6.81. The Morgan fingerprint density at radius 2 is 2.14 bits per heavy atom. The summed E-state index contributed by atoms with van der Waals surface area (Å²) in [6, 6.07) is 4.61. The Kier molecular flexibility index (Phi) is 3.75. The molecule has 22 heavy (non-hydrogen) atoms. The molecule has 0 saturated heterocycles. The molecule has 0 bridgehead atoms. The number of nitrogens with zero attached hydrogens (tertiary/aromatic N) is 3. The third-order valence-electron chi connectivity index (χ3n) is 3.92. The number of aliphatic hydroxyl groups is 1. The van der Waals surface area contributed by atoms with Gasteiger partial charge in [-0.25, -0.2) is 17.8 Å². The lowest BCUT2D eigenvalue weighted by Crippen LogP contribution is -2.46. The van der Waals surface area contributed by atoms with E-state index >= 15 is 0 Å². The minimum Gasteiger partial charge on any atom is -0.395 e. The minimum atomic E-state index is -4.04. The third-order valence-corrected chi connectivity index (χ3v) is 5.85. The van der Waals surface area contributed by atoms with E-state index in [1.807, 2.05) is 11.6 Å². The first-order valence-corrected chi connectivity index (χ1v) is 8.25. The van der Waals surface area contributed by atoms with Gasteiger partial charge < -0.3 is 9.67 Å². The molecule has 0 spiro atoms. The van der Waals surface area contributed by atoms with E-state index in [1.54, 1.807) is 6.33 Å². The molecule has 3 rings (SSSR count). The van der Waals surface area contributed by atoms with Crippen molar-refractivity contribution in [3.05, 3.63) is 47.8 Å². The standard InChI is InChI=1S/C14H16FN3O3S/c1-17-9-16-12-7-18(10(8-19)6-13(12)17)22(20,21)14-5-3-2-4-11(14)15/h2-5,9-10,19H,6-8H2,1H3/t10-/m1/s1. The number of halogens is 1. The van der Waals surface area contributed by atoms with Crippen molar-refractivity contribution >= 4 is 10.0 Å². The van der Waals surface area contributed by atoms with Gasteiger partial charge in [-0.05, 0) is 12.1 Å². The second kappa shape index (κ2) is 5.45. The van der Waals surface area contributed by atoms with Crippen molar-refractivity contribution in [3.63, 3.8) is 0 Å². The summed E-state index contributed by atoms with van der Waals surface area (Å²) in [7, 11) is -2.22. The normalized spacial score (nSPS) is 19.1. The Labute approximate surface area is 127 Å². The summed E-state index contributed by atoms with van der Waals surface area (Å²) >= 11 is 0. The molecule has 0 amide bonds. The van der Waals surface area contributed by atoms with Crippen LogP contribution in [0.2, 0.25) is 0 Å². The molecule has 0 saturated carbocycles. The largest absolute Gasteiger partial charge is 0.395 e. The second-order valence-corrected chi connectivity index (χ2v) is 7.13. The number of hydrogen-bond acceptors (Lipinski definition) is 4. The molecular weight excluding hydrogens is 309 g/mol. The van der Waals surface area contributed by atoms with E-state index in [4.69, 9.17) is 0 Å². The van der Waals surface area contributed by atoms with Crippen LogP contribution < -0.4 is 0 Å². The number of benzene rings is 1. The van der Waals surface area contributed by atoms with Gasteiger partial charge in [-0.15, -0.1) is 0 Å². The zero-order chi connectivity index (χ0) is 15.9. The van der Waals surface area contributed by atoms with Gasteiger partial charge >= 0.3 is 0 Å². The van der Waals surface area contributed by atoms with Gasteiger partial charge in [0.15, 0.2) is 0 Å². The molecule has 6 nitrogen and oxygen atoms in total. The predicted octanol–water partition coefficient (Wildman–Crippen LogP) is 0.667. The summed E-state index contributed by atoms with van der Waals surface area (Å²) in [6.07, 6.45) is 1.95. The van der Waals surface area contributed by atoms with Crippen molar-refractivity contribution in [3.8, 4) is 0 Å². The van der Waals surface area contributed by atoms with Crippen LogP contribution in [0.4, 0.5) is 4.39 Å². The summed E-state index contributed by atoms with van der Waals surface area (Å²) in [5.74, 6) is -0.800. The first-order chi connectivity index (χ1) is 10.4. The number of aromatic nitrogens is 2. The fourth-order valence-corrected chi connectivity index (χ4v) is 4.36. The van der Waals surface area contributed by atoms with Gasteiger partial charge in [0.2, 0.25) is 10.0 Å². The van der Waals surface area contributed by atoms with Crippen LogP contribution in [0.5, 0.6) is 0 Å². The Hall–Kier alpha value is -1.77. The van der Waals surface area contributed by atoms with Gasteiger partial charge in [0, 0.05) is 19.2 Å². The molecule has 0 radical (unpaired) electrons. The average Bonchev–Trinajstić information content (AvgIpc) is 2.87. The van der Waals surface area contributed by atoms with Gasteiger partial charge in [-0.1, -0.05) is 12.1 Å². The van der Waals surface area contributed by atoms with Crippen molar-refractivity contribution in [2.45, 2.75) is 23.9 Å². The lowest BCUT2D eigenvalue weighted by Gasteiger charge is -2.33. The van der Waals surface area contributed by atoms with Crippen LogP contribution in [0, 0.1) is 5.82 Å². The Morgan fingerprint density at radius 3 is 2.82 bits per heavy atom. The summed E-state index contributed by atoms with van der Waals surface area (Å²) in [4.78, 5) is 3.80. The second-order valence-electron chi connectivity index (χ2n) is 5.27. The molecule has 0 aliphatic carbocycles. The van der Waals surface area contributed by atoms with Crippen LogP contribution in [0.25, 0.3) is 0 Å². The molecule has 0 unspecified atom stereocenters. The molecule has 8 heteroatoms. The molecule has 1 N–H and O–H groups in total. The highest BCUT2D eigenvalue weighted by Crippen LogP contribution is 2.29. The monoisotopic (exact) mass is 325 g/mol. The number of imidazole rings is 1. The number of fused-ring (bicyclic) bond motifs is 1. The molecule has 118 valence electrons. The van der Waals surface area contributed by atoms with E-state index in [9.17, 15) is 17.9 Å². The van der Waals surface area contributed by atoms with Crippen LogP contribution in [-0.4, -0.2) is 40.0 Å². The van der Waals surface area contributed by atoms with Gasteiger partial charge in [0.05, 0.1) is 31.2 Å². The number of sulfonamides is 1. The topological polar surface area (TPSA) is 75.4 Å². The van der Waals surface area contributed by atoms with Gasteiger partial charge in [0.25, 0.3) is 0 Å². The van der Waals surface area contributed by atoms with E-state index in [0.717, 1.165) is 16.1 Å². The summed E-state index contributed by atoms with van der Waals surface area (Å²) in [6.45, 7) is -0.309. The molecule has 1 aromatic carbocycles. The fourth-order valence-electron chi connectivity index (χ4n) is 2.72. The molecular formula is C14H16FN3O3S. The fraction of sp³-hybridized carbons (Fsp3) is 0.357. The molecule has 1 aromatic heterocycles. The summed E-state index contributed by atoms with van der Waals surface area (Å²) in [5, 5.41) is 9.57. The highest BCUT2D eigenvalue weighted by Gasteiger charge is 2.38. The van der Waals surface area contributed by atoms with Crippen molar-refractivity contribution in [2.24, 2.45) is 7.05 Å². The molecule has 0 fully saturated rings. The van der Waals surface area contributed by atoms with Gasteiger partial charge in [-0.2, -0.15) is 4.31 Å². The number of aryl methyl sites for hydroxylation is 1. The van der Waals surface area contributed by atoms with Gasteiger partial charge in [-0.3, -0.25) is 0 Å². The van der Waals surface area contributed by atoms with Gasteiger partial charge in [0.1, 0.15) is 10.7 Å². The van der Waals surface area contributed by atoms with Crippen molar-refractivity contribution in [1.29, 1.82) is 0 Å². The maximum absolute atomic E-state index is 13.9. The van der Waals surface area contributed by atoms with E-state index in [2.05, 4.69) is 4.98 Å². The minimum absolute atomic E-state index is 0.0259. The summed E-state index contributed by atoms with van der Waals surface area (Å²) < 4.78 is 42.3. The first kappa shape index (κ1) is 15.1. The quantitative estimate of drug-likeness (QED) is 0.900. The zero-order valence-electron chi connectivity index (χ0n) is 12.0. The average molecular weight is 325 g/mol. The molecule has 1 atom stereocenters. The van der Waals surface area contributed by atoms with Crippen LogP contribution in [0.15, 0.2) is 35.5 Å². The Morgan fingerprint density at radius 1 is 1.41 bits per heavy atom. The van der Waals surface area contributed by atoms with Crippen LogP contribution >= 0.6 is 0 Å². The Bertz CT molecular complexity index is 803. The maximum atomic E-state index is 13.9. The smallest absolute Gasteiger partial charge is 0.246 e. The van der Waals surface area contributed by atoms with E-state index in [-0.39, 0.29) is 18.0 Å². The molecule has 2 aromatic rings. The Balaban J connectivity index is 2.05. The van der Waals surface area contributed by atoms with Crippen LogP contribution in [0.3, 0.4) is 0 Å². The number of hydrogen-bond donors (Lipinski definition) is 1.